The molecule has 0 bridgehead atoms. The number of aryl methyl sites for hydroxylation is 1. The molecule has 0 aliphatic heterocycles. The average Bonchev–Trinajstić information content (AvgIpc) is 2.81. The van der Waals surface area contributed by atoms with Gasteiger partial charge in [0.2, 0.25) is 0 Å². The van der Waals surface area contributed by atoms with E-state index in [4.69, 9.17) is 9.84 Å². The van der Waals surface area contributed by atoms with Gasteiger partial charge in [0.1, 0.15) is 5.75 Å². The van der Waals surface area contributed by atoms with Crippen molar-refractivity contribution >= 4 is 5.69 Å². The van der Waals surface area contributed by atoms with Gasteiger partial charge in [-0.1, -0.05) is 13.8 Å². The molecule has 0 fully saturated rings. The number of hydrogen-bond acceptors (Lipinski definition) is 4. The van der Waals surface area contributed by atoms with Crippen molar-refractivity contribution in [2.24, 2.45) is 5.92 Å². The van der Waals surface area contributed by atoms with E-state index in [1.807, 2.05) is 42.8 Å². The van der Waals surface area contributed by atoms with Gasteiger partial charge in [0, 0.05) is 23.5 Å². The van der Waals surface area contributed by atoms with Crippen molar-refractivity contribution in [1.82, 2.24) is 9.78 Å². The van der Waals surface area contributed by atoms with Gasteiger partial charge in [-0.15, -0.1) is 0 Å². The Balaban J connectivity index is 1.90. The van der Waals surface area contributed by atoms with Crippen LogP contribution < -0.4 is 10.1 Å². The minimum absolute atomic E-state index is 0.104. The van der Waals surface area contributed by atoms with E-state index >= 15 is 0 Å². The van der Waals surface area contributed by atoms with Gasteiger partial charge >= 0.3 is 0 Å². The average molecular weight is 331 g/mol. The molecule has 2 N–H and O–H groups in total. The van der Waals surface area contributed by atoms with Crippen LogP contribution in [-0.2, 0) is 13.1 Å². The number of aromatic nitrogens is 2. The van der Waals surface area contributed by atoms with Gasteiger partial charge < -0.3 is 15.2 Å². The first kappa shape index (κ1) is 18.3. The van der Waals surface area contributed by atoms with E-state index in [1.54, 1.807) is 0 Å². The van der Waals surface area contributed by atoms with Crippen molar-refractivity contribution in [2.75, 3.05) is 18.5 Å². The third kappa shape index (κ3) is 4.99. The number of aliphatic hydroxyl groups excluding tert-OH is 1. The first-order valence-corrected chi connectivity index (χ1v) is 8.61. The predicted molar refractivity (Wildman–Crippen MR) is 97.5 cm³/mol. The first-order chi connectivity index (χ1) is 11.5. The maximum atomic E-state index is 9.08. The summed E-state index contributed by atoms with van der Waals surface area (Å²) in [5.74, 6) is 1.56. The second kappa shape index (κ2) is 8.73. The van der Waals surface area contributed by atoms with E-state index in [2.05, 4.69) is 24.3 Å². The molecule has 0 aliphatic carbocycles. The minimum Gasteiger partial charge on any atom is -0.494 e. The van der Waals surface area contributed by atoms with E-state index in [0.29, 0.717) is 12.5 Å². The molecule has 0 atom stereocenters. The lowest BCUT2D eigenvalue weighted by molar-refractivity contribution is 0.268. The molecular formula is C19H29N3O2. The maximum Gasteiger partial charge on any atom is 0.119 e. The maximum absolute atomic E-state index is 9.08. The third-order valence-electron chi connectivity index (χ3n) is 4.13. The van der Waals surface area contributed by atoms with Crippen LogP contribution in [0, 0.1) is 19.8 Å². The van der Waals surface area contributed by atoms with Crippen LogP contribution >= 0.6 is 0 Å². The third-order valence-corrected chi connectivity index (χ3v) is 4.13. The Morgan fingerprint density at radius 2 is 1.92 bits per heavy atom. The Kier molecular flexibility index (Phi) is 6.67. The van der Waals surface area contributed by atoms with Crippen LogP contribution in [0.3, 0.4) is 0 Å². The van der Waals surface area contributed by atoms with E-state index in [9.17, 15) is 0 Å². The highest BCUT2D eigenvalue weighted by atomic mass is 16.5. The van der Waals surface area contributed by atoms with Crippen LogP contribution in [0.2, 0.25) is 0 Å². The van der Waals surface area contributed by atoms with Crippen LogP contribution in [0.15, 0.2) is 24.3 Å². The summed E-state index contributed by atoms with van der Waals surface area (Å²) in [5.41, 5.74) is 4.34. The predicted octanol–water partition coefficient (Wildman–Crippen LogP) is 3.53. The normalized spacial score (nSPS) is 11.1. The molecule has 0 saturated heterocycles. The number of anilines is 1. The fourth-order valence-corrected chi connectivity index (χ4v) is 2.57. The zero-order valence-electron chi connectivity index (χ0n) is 15.2. The number of benzene rings is 1. The van der Waals surface area contributed by atoms with E-state index < -0.39 is 0 Å². The molecule has 0 radical (unpaired) electrons. The lowest BCUT2D eigenvalue weighted by atomic mass is 10.1. The highest BCUT2D eigenvalue weighted by Crippen LogP contribution is 2.19. The van der Waals surface area contributed by atoms with Crippen molar-refractivity contribution < 1.29 is 9.84 Å². The molecule has 0 saturated carbocycles. The first-order valence-electron chi connectivity index (χ1n) is 8.61. The van der Waals surface area contributed by atoms with Crippen LogP contribution in [0.5, 0.6) is 5.75 Å². The minimum atomic E-state index is 0.104. The summed E-state index contributed by atoms with van der Waals surface area (Å²) in [7, 11) is 0. The summed E-state index contributed by atoms with van der Waals surface area (Å²) in [6, 6.07) is 8.07. The summed E-state index contributed by atoms with van der Waals surface area (Å²) >= 11 is 0. The Bertz CT molecular complexity index is 633. The second-order valence-corrected chi connectivity index (χ2v) is 6.51. The van der Waals surface area contributed by atoms with Crippen molar-refractivity contribution in [1.29, 1.82) is 0 Å². The molecule has 1 aromatic heterocycles. The van der Waals surface area contributed by atoms with Gasteiger partial charge in [0.25, 0.3) is 0 Å². The summed E-state index contributed by atoms with van der Waals surface area (Å²) in [5, 5.41) is 17.0. The van der Waals surface area contributed by atoms with E-state index in [1.165, 1.54) is 5.56 Å². The highest BCUT2D eigenvalue weighted by Gasteiger charge is 2.10. The van der Waals surface area contributed by atoms with Gasteiger partial charge in [-0.2, -0.15) is 5.10 Å². The molecule has 0 spiro atoms. The summed E-state index contributed by atoms with van der Waals surface area (Å²) in [6.45, 7) is 10.6. The molecule has 2 rings (SSSR count). The Morgan fingerprint density at radius 3 is 2.54 bits per heavy atom. The number of hydrogen-bond donors (Lipinski definition) is 2. The monoisotopic (exact) mass is 331 g/mol. The summed E-state index contributed by atoms with van der Waals surface area (Å²) in [4.78, 5) is 0. The van der Waals surface area contributed by atoms with Gasteiger partial charge in [-0.05, 0) is 50.5 Å². The number of ether oxygens (including phenoxy) is 1. The number of aliphatic hydroxyl groups is 1. The molecular weight excluding hydrogens is 302 g/mol. The van der Waals surface area contributed by atoms with Crippen molar-refractivity contribution in [3.8, 4) is 5.75 Å². The van der Waals surface area contributed by atoms with Gasteiger partial charge in [0.15, 0.2) is 0 Å². The molecule has 2 aromatic rings. The van der Waals surface area contributed by atoms with Crippen LogP contribution in [0.4, 0.5) is 5.69 Å². The zero-order chi connectivity index (χ0) is 17.5. The largest absolute Gasteiger partial charge is 0.494 e. The number of nitrogens with zero attached hydrogens (tertiary/aromatic N) is 2. The van der Waals surface area contributed by atoms with Gasteiger partial charge in [-0.25, -0.2) is 0 Å². The lowest BCUT2D eigenvalue weighted by Crippen LogP contribution is -2.07. The molecule has 24 heavy (non-hydrogen) atoms. The smallest absolute Gasteiger partial charge is 0.119 e. The fourth-order valence-electron chi connectivity index (χ4n) is 2.57. The number of nitrogens with one attached hydrogen (secondary N) is 1. The molecule has 5 heteroatoms. The lowest BCUT2D eigenvalue weighted by Gasteiger charge is -2.10. The van der Waals surface area contributed by atoms with Crippen molar-refractivity contribution in [3.05, 3.63) is 41.2 Å². The second-order valence-electron chi connectivity index (χ2n) is 6.51. The molecule has 0 aliphatic rings. The molecule has 0 amide bonds. The topological polar surface area (TPSA) is 59.3 Å². The highest BCUT2D eigenvalue weighted by molar-refractivity contribution is 5.47. The van der Waals surface area contributed by atoms with Gasteiger partial charge in [0.05, 0.1) is 25.5 Å². The van der Waals surface area contributed by atoms with Gasteiger partial charge in [-0.3, -0.25) is 4.68 Å². The summed E-state index contributed by atoms with van der Waals surface area (Å²) < 4.78 is 7.60. The Labute approximate surface area is 144 Å². The molecule has 132 valence electrons. The molecule has 1 heterocycles. The Morgan fingerprint density at radius 1 is 1.21 bits per heavy atom. The SMILES string of the molecule is Cc1nn(CCO)c(C)c1CNc1ccc(OCCC(C)C)cc1. The van der Waals surface area contributed by atoms with E-state index in [0.717, 1.165) is 42.4 Å². The van der Waals surface area contributed by atoms with Crippen LogP contribution in [0.1, 0.15) is 37.2 Å². The number of rotatable bonds is 9. The Hall–Kier alpha value is -2.01. The van der Waals surface area contributed by atoms with E-state index in [-0.39, 0.29) is 6.61 Å². The van der Waals surface area contributed by atoms with Crippen LogP contribution in [-0.4, -0.2) is 28.1 Å². The van der Waals surface area contributed by atoms with Crippen molar-refractivity contribution in [3.63, 3.8) is 0 Å². The summed E-state index contributed by atoms with van der Waals surface area (Å²) in [6.07, 6.45) is 1.07. The molecule has 0 unspecified atom stereocenters. The van der Waals surface area contributed by atoms with Crippen LogP contribution in [0.25, 0.3) is 0 Å². The molecule has 1 aromatic carbocycles. The quantitative estimate of drug-likeness (QED) is 0.738. The molecule has 5 nitrogen and oxygen atoms in total. The standard InChI is InChI=1S/C19H29N3O2/c1-14(2)9-12-24-18-7-5-17(6-8-18)20-13-19-15(3)21-22(10-11-23)16(19)4/h5-8,14,20,23H,9-13H2,1-4H3. The fraction of sp³-hybridized carbons (Fsp3) is 0.526. The van der Waals surface area contributed by atoms with Crippen molar-refractivity contribution in [2.45, 2.75) is 47.2 Å². The zero-order valence-corrected chi connectivity index (χ0v) is 15.2.